The first-order chi connectivity index (χ1) is 23.8. The van der Waals surface area contributed by atoms with Crippen molar-refractivity contribution in [1.29, 1.82) is 0 Å². The first-order valence-electron chi connectivity index (χ1n) is 16.5. The molecule has 0 fully saturated rings. The lowest BCUT2D eigenvalue weighted by Gasteiger charge is -2.12. The molecule has 0 aliphatic heterocycles. The smallest absolute Gasteiger partial charge is 0.0641 e. The van der Waals surface area contributed by atoms with E-state index in [1.54, 1.807) is 0 Å². The van der Waals surface area contributed by atoms with Crippen LogP contribution in [0.15, 0.2) is 182 Å². The Morgan fingerprint density at radius 1 is 0.292 bits per heavy atom. The van der Waals surface area contributed by atoms with Crippen LogP contribution in [0.5, 0.6) is 0 Å². The number of rotatable bonds is 4. The normalized spacial score (nSPS) is 11.8. The predicted octanol–water partition coefficient (Wildman–Crippen LogP) is 12.4. The summed E-state index contributed by atoms with van der Waals surface area (Å²) in [7, 11) is 0. The average Bonchev–Trinajstić information content (AvgIpc) is 3.68. The van der Waals surface area contributed by atoms with E-state index in [1.807, 2.05) is 0 Å². The van der Waals surface area contributed by atoms with Crippen LogP contribution in [0.3, 0.4) is 0 Å². The SMILES string of the molecule is c1ccc(-n2c3ccccc3c3c2ccc2c4ccccc4n(-c4ccc(-c5ccc(-c6cccc7ccccc67)cc5)cc4)c23)cc1. The third kappa shape index (κ3) is 4.00. The van der Waals surface area contributed by atoms with Gasteiger partial charge in [-0.25, -0.2) is 0 Å². The Hall–Kier alpha value is -6.38. The number of fused-ring (bicyclic) bond motifs is 8. The summed E-state index contributed by atoms with van der Waals surface area (Å²) < 4.78 is 4.86. The van der Waals surface area contributed by atoms with Crippen LogP contribution in [0.4, 0.5) is 0 Å². The van der Waals surface area contributed by atoms with Crippen molar-refractivity contribution >= 4 is 54.4 Å². The molecule has 0 saturated carbocycles. The molecule has 0 bridgehead atoms. The summed E-state index contributed by atoms with van der Waals surface area (Å²) >= 11 is 0. The molecule has 48 heavy (non-hydrogen) atoms. The number of aromatic nitrogens is 2. The van der Waals surface area contributed by atoms with Crippen molar-refractivity contribution in [2.24, 2.45) is 0 Å². The second-order valence-electron chi connectivity index (χ2n) is 12.5. The molecule has 10 rings (SSSR count). The zero-order valence-corrected chi connectivity index (χ0v) is 26.2. The fraction of sp³-hybridized carbons (Fsp3) is 0. The van der Waals surface area contributed by atoms with E-state index in [9.17, 15) is 0 Å². The molecular weight excluding hydrogens is 581 g/mol. The fourth-order valence-electron chi connectivity index (χ4n) is 7.75. The van der Waals surface area contributed by atoms with Crippen LogP contribution in [0.1, 0.15) is 0 Å². The molecule has 0 radical (unpaired) electrons. The van der Waals surface area contributed by atoms with Gasteiger partial charge in [0.05, 0.1) is 22.1 Å². The topological polar surface area (TPSA) is 9.86 Å². The van der Waals surface area contributed by atoms with Crippen LogP contribution in [0, 0.1) is 0 Å². The van der Waals surface area contributed by atoms with E-state index in [1.165, 1.54) is 82.3 Å². The van der Waals surface area contributed by atoms with Gasteiger partial charge in [0.25, 0.3) is 0 Å². The van der Waals surface area contributed by atoms with Gasteiger partial charge >= 0.3 is 0 Å². The predicted molar refractivity (Wildman–Crippen MR) is 203 cm³/mol. The lowest BCUT2D eigenvalue weighted by molar-refractivity contribution is 1.17. The van der Waals surface area contributed by atoms with Gasteiger partial charge in [0.15, 0.2) is 0 Å². The second kappa shape index (κ2) is 10.6. The monoisotopic (exact) mass is 610 g/mol. The average molecular weight is 611 g/mol. The Kier molecular flexibility index (Phi) is 5.91. The van der Waals surface area contributed by atoms with E-state index in [-0.39, 0.29) is 0 Å². The minimum atomic E-state index is 1.15. The molecule has 224 valence electrons. The van der Waals surface area contributed by atoms with E-state index in [0.29, 0.717) is 0 Å². The molecule has 0 N–H and O–H groups in total. The molecule has 0 atom stereocenters. The Morgan fingerprint density at radius 2 is 0.854 bits per heavy atom. The van der Waals surface area contributed by atoms with Gasteiger partial charge in [-0.05, 0) is 75.5 Å². The largest absolute Gasteiger partial charge is 0.309 e. The van der Waals surface area contributed by atoms with Crippen LogP contribution >= 0.6 is 0 Å². The van der Waals surface area contributed by atoms with Crippen molar-refractivity contribution in [1.82, 2.24) is 9.13 Å². The van der Waals surface area contributed by atoms with Gasteiger partial charge < -0.3 is 9.13 Å². The number of hydrogen-bond acceptors (Lipinski definition) is 0. The summed E-state index contributed by atoms with van der Waals surface area (Å²) in [5.74, 6) is 0. The van der Waals surface area contributed by atoms with Crippen LogP contribution in [0.25, 0.3) is 88.0 Å². The second-order valence-corrected chi connectivity index (χ2v) is 12.5. The molecule has 2 nitrogen and oxygen atoms in total. The standard InChI is InChI=1S/C46H30N2/c1-2-13-35(14-3-1)47-43-20-9-7-17-41(43)45-44(47)30-29-40-39-16-6-8-19-42(39)48(46(40)45)36-27-25-32(26-28-36)31-21-23-34(24-22-31)38-18-10-12-33-11-4-5-15-37(33)38/h1-30H. The summed E-state index contributed by atoms with van der Waals surface area (Å²) in [6.45, 7) is 0. The number of para-hydroxylation sites is 3. The Balaban J connectivity index is 1.14. The minimum Gasteiger partial charge on any atom is -0.309 e. The summed E-state index contributed by atoms with van der Waals surface area (Å²) in [6.07, 6.45) is 0. The molecule has 0 saturated heterocycles. The molecule has 0 aliphatic carbocycles. The van der Waals surface area contributed by atoms with E-state index < -0.39 is 0 Å². The van der Waals surface area contributed by atoms with Gasteiger partial charge in [-0.1, -0.05) is 140 Å². The van der Waals surface area contributed by atoms with Gasteiger partial charge in [-0.15, -0.1) is 0 Å². The van der Waals surface area contributed by atoms with Crippen molar-refractivity contribution < 1.29 is 0 Å². The maximum absolute atomic E-state index is 2.46. The van der Waals surface area contributed by atoms with Crippen molar-refractivity contribution in [3.8, 4) is 33.6 Å². The summed E-state index contributed by atoms with van der Waals surface area (Å²) in [6, 6.07) is 66.1. The molecular formula is C46H30N2. The van der Waals surface area contributed by atoms with Crippen LogP contribution < -0.4 is 0 Å². The molecule has 0 amide bonds. The Morgan fingerprint density at radius 3 is 1.62 bits per heavy atom. The number of hydrogen-bond donors (Lipinski definition) is 0. The van der Waals surface area contributed by atoms with E-state index in [2.05, 4.69) is 191 Å². The third-order valence-corrected chi connectivity index (χ3v) is 9.93. The molecule has 0 aliphatic rings. The highest BCUT2D eigenvalue weighted by molar-refractivity contribution is 6.26. The molecule has 8 aromatic carbocycles. The molecule has 2 aromatic heterocycles. The van der Waals surface area contributed by atoms with Crippen molar-refractivity contribution in [3.63, 3.8) is 0 Å². The van der Waals surface area contributed by atoms with Gasteiger partial charge in [-0.2, -0.15) is 0 Å². The van der Waals surface area contributed by atoms with Gasteiger partial charge in [0.1, 0.15) is 0 Å². The fourth-order valence-corrected chi connectivity index (χ4v) is 7.75. The van der Waals surface area contributed by atoms with Crippen LogP contribution in [-0.2, 0) is 0 Å². The number of nitrogens with zero attached hydrogens (tertiary/aromatic N) is 2. The molecule has 0 spiro atoms. The Labute approximate surface area is 278 Å². The summed E-state index contributed by atoms with van der Waals surface area (Å²) in [4.78, 5) is 0. The molecule has 0 unspecified atom stereocenters. The lowest BCUT2D eigenvalue weighted by atomic mass is 9.96. The van der Waals surface area contributed by atoms with E-state index in [0.717, 1.165) is 5.69 Å². The number of benzene rings is 8. The molecule has 2 heteroatoms. The van der Waals surface area contributed by atoms with Gasteiger partial charge in [-0.3, -0.25) is 0 Å². The maximum Gasteiger partial charge on any atom is 0.0641 e. The first-order valence-corrected chi connectivity index (χ1v) is 16.5. The zero-order chi connectivity index (χ0) is 31.6. The van der Waals surface area contributed by atoms with Crippen molar-refractivity contribution in [2.45, 2.75) is 0 Å². The highest BCUT2D eigenvalue weighted by atomic mass is 15.0. The van der Waals surface area contributed by atoms with Crippen molar-refractivity contribution in [3.05, 3.63) is 182 Å². The quantitative estimate of drug-likeness (QED) is 0.188. The van der Waals surface area contributed by atoms with Crippen LogP contribution in [0.2, 0.25) is 0 Å². The first kappa shape index (κ1) is 26.8. The summed E-state index contributed by atoms with van der Waals surface area (Å²) in [5.41, 5.74) is 12.1. The highest BCUT2D eigenvalue weighted by Gasteiger charge is 2.20. The highest BCUT2D eigenvalue weighted by Crippen LogP contribution is 2.42. The maximum atomic E-state index is 2.46. The lowest BCUT2D eigenvalue weighted by Crippen LogP contribution is -1.95. The Bertz CT molecular complexity index is 2790. The van der Waals surface area contributed by atoms with Crippen LogP contribution in [-0.4, -0.2) is 9.13 Å². The van der Waals surface area contributed by atoms with Crippen molar-refractivity contribution in [2.75, 3.05) is 0 Å². The molecule has 2 heterocycles. The van der Waals surface area contributed by atoms with E-state index in [4.69, 9.17) is 0 Å². The van der Waals surface area contributed by atoms with E-state index >= 15 is 0 Å². The van der Waals surface area contributed by atoms with Gasteiger partial charge in [0.2, 0.25) is 0 Å². The zero-order valence-electron chi connectivity index (χ0n) is 26.2. The minimum absolute atomic E-state index is 1.15. The molecule has 10 aromatic rings. The van der Waals surface area contributed by atoms with Gasteiger partial charge in [0, 0.05) is 32.9 Å². The third-order valence-electron chi connectivity index (χ3n) is 9.93. The summed E-state index contributed by atoms with van der Waals surface area (Å²) in [5, 5.41) is 7.61.